The van der Waals surface area contributed by atoms with Gasteiger partial charge in [-0.05, 0) is 29.6 Å². The van der Waals surface area contributed by atoms with Gasteiger partial charge in [-0.1, -0.05) is 27.7 Å². The number of hydrogen-bond donors (Lipinski definition) is 2. The van der Waals surface area contributed by atoms with Crippen LogP contribution in [0.4, 0.5) is 0 Å². The van der Waals surface area contributed by atoms with Crippen LogP contribution in [0.1, 0.15) is 40.5 Å². The standard InChI is InChI=1S/C14H28N2O2/c1-13(2)11(14(13,3)4)9-16-12(17)10(15)7-6-8-18-5/h10-11H,6-9,15H2,1-5H3,(H,16,17). The zero-order valence-electron chi connectivity index (χ0n) is 12.4. The van der Waals surface area contributed by atoms with Gasteiger partial charge in [-0.15, -0.1) is 0 Å². The van der Waals surface area contributed by atoms with E-state index in [0.29, 0.717) is 29.8 Å². The Morgan fingerprint density at radius 3 is 2.33 bits per heavy atom. The lowest BCUT2D eigenvalue weighted by Crippen LogP contribution is -2.41. The van der Waals surface area contributed by atoms with Gasteiger partial charge in [0.1, 0.15) is 0 Å². The molecule has 1 fully saturated rings. The minimum atomic E-state index is -0.412. The second-order valence-electron chi connectivity index (χ2n) is 6.48. The Balaban J connectivity index is 2.26. The Bertz CT molecular complexity index is 286. The van der Waals surface area contributed by atoms with Crippen LogP contribution in [-0.2, 0) is 9.53 Å². The zero-order valence-corrected chi connectivity index (χ0v) is 12.4. The van der Waals surface area contributed by atoms with Crippen molar-refractivity contribution < 1.29 is 9.53 Å². The molecule has 1 aliphatic carbocycles. The summed E-state index contributed by atoms with van der Waals surface area (Å²) in [4.78, 5) is 11.8. The molecule has 1 atom stereocenters. The molecule has 1 saturated carbocycles. The molecule has 18 heavy (non-hydrogen) atoms. The third-order valence-electron chi connectivity index (χ3n) is 5.00. The summed E-state index contributed by atoms with van der Waals surface area (Å²) >= 11 is 0. The van der Waals surface area contributed by atoms with E-state index < -0.39 is 6.04 Å². The Morgan fingerprint density at radius 1 is 1.33 bits per heavy atom. The van der Waals surface area contributed by atoms with Gasteiger partial charge in [-0.3, -0.25) is 4.79 Å². The molecule has 0 aromatic heterocycles. The van der Waals surface area contributed by atoms with Crippen LogP contribution in [0, 0.1) is 16.7 Å². The Labute approximate surface area is 111 Å². The van der Waals surface area contributed by atoms with Crippen LogP contribution in [0.25, 0.3) is 0 Å². The van der Waals surface area contributed by atoms with Gasteiger partial charge < -0.3 is 15.8 Å². The monoisotopic (exact) mass is 256 g/mol. The number of rotatable bonds is 7. The normalized spacial score (nSPS) is 22.6. The highest BCUT2D eigenvalue weighted by molar-refractivity contribution is 5.81. The van der Waals surface area contributed by atoms with Gasteiger partial charge in [0.2, 0.25) is 5.91 Å². The van der Waals surface area contributed by atoms with Crippen molar-refractivity contribution in [2.45, 2.75) is 46.6 Å². The quantitative estimate of drug-likeness (QED) is 0.679. The Hall–Kier alpha value is -0.610. The first kappa shape index (κ1) is 15.4. The van der Waals surface area contributed by atoms with E-state index in [1.807, 2.05) is 0 Å². The van der Waals surface area contributed by atoms with E-state index >= 15 is 0 Å². The average molecular weight is 256 g/mol. The molecule has 4 nitrogen and oxygen atoms in total. The summed E-state index contributed by atoms with van der Waals surface area (Å²) in [5, 5.41) is 2.98. The van der Waals surface area contributed by atoms with E-state index in [0.717, 1.165) is 13.0 Å². The SMILES string of the molecule is COCCCC(N)C(=O)NCC1C(C)(C)C1(C)C. The molecule has 106 valence electrons. The fourth-order valence-electron chi connectivity index (χ4n) is 2.76. The van der Waals surface area contributed by atoms with Crippen molar-refractivity contribution in [2.24, 2.45) is 22.5 Å². The van der Waals surface area contributed by atoms with Gasteiger partial charge in [0.15, 0.2) is 0 Å². The van der Waals surface area contributed by atoms with Gasteiger partial charge in [0, 0.05) is 20.3 Å². The molecule has 1 unspecified atom stereocenters. The van der Waals surface area contributed by atoms with Crippen LogP contribution in [0.3, 0.4) is 0 Å². The molecule has 0 aliphatic heterocycles. The lowest BCUT2D eigenvalue weighted by molar-refractivity contribution is -0.122. The highest BCUT2D eigenvalue weighted by atomic mass is 16.5. The molecule has 0 heterocycles. The van der Waals surface area contributed by atoms with Crippen LogP contribution in [-0.4, -0.2) is 32.2 Å². The first-order chi connectivity index (χ1) is 8.25. The Morgan fingerprint density at radius 2 is 1.89 bits per heavy atom. The molecular formula is C14H28N2O2. The molecule has 0 aromatic rings. The summed E-state index contributed by atoms with van der Waals surface area (Å²) in [5.41, 5.74) is 6.44. The molecule has 0 bridgehead atoms. The maximum absolute atomic E-state index is 11.8. The van der Waals surface area contributed by atoms with E-state index in [1.54, 1.807) is 7.11 Å². The molecule has 3 N–H and O–H groups in total. The number of methoxy groups -OCH3 is 1. The Kier molecular flexibility index (Phi) is 4.78. The predicted octanol–water partition coefficient (Wildman–Crippen LogP) is 1.54. The smallest absolute Gasteiger partial charge is 0.236 e. The topological polar surface area (TPSA) is 64.3 Å². The fraction of sp³-hybridized carbons (Fsp3) is 0.929. The third-order valence-corrected chi connectivity index (χ3v) is 5.00. The first-order valence-electron chi connectivity index (χ1n) is 6.77. The number of carbonyl (C=O) groups is 1. The minimum Gasteiger partial charge on any atom is -0.385 e. The van der Waals surface area contributed by atoms with Crippen LogP contribution in [0.5, 0.6) is 0 Å². The van der Waals surface area contributed by atoms with Crippen molar-refractivity contribution in [1.29, 1.82) is 0 Å². The van der Waals surface area contributed by atoms with Gasteiger partial charge in [0.25, 0.3) is 0 Å². The largest absolute Gasteiger partial charge is 0.385 e. The summed E-state index contributed by atoms with van der Waals surface area (Å²) in [7, 11) is 1.66. The lowest BCUT2D eigenvalue weighted by atomic mass is 10.0. The molecular weight excluding hydrogens is 228 g/mol. The second kappa shape index (κ2) is 5.57. The van der Waals surface area contributed by atoms with Gasteiger partial charge in [0.05, 0.1) is 6.04 Å². The average Bonchev–Trinajstić information content (AvgIpc) is 2.66. The van der Waals surface area contributed by atoms with Gasteiger partial charge in [-0.25, -0.2) is 0 Å². The van der Waals surface area contributed by atoms with Crippen LogP contribution in [0.15, 0.2) is 0 Å². The van der Waals surface area contributed by atoms with Crippen molar-refractivity contribution in [3.8, 4) is 0 Å². The van der Waals surface area contributed by atoms with E-state index in [9.17, 15) is 4.79 Å². The molecule has 4 heteroatoms. The molecule has 0 radical (unpaired) electrons. The maximum Gasteiger partial charge on any atom is 0.236 e. The summed E-state index contributed by atoms with van der Waals surface area (Å²) in [5.74, 6) is 0.504. The maximum atomic E-state index is 11.8. The first-order valence-corrected chi connectivity index (χ1v) is 6.77. The second-order valence-corrected chi connectivity index (χ2v) is 6.48. The highest BCUT2D eigenvalue weighted by Gasteiger charge is 2.64. The van der Waals surface area contributed by atoms with Crippen molar-refractivity contribution in [2.75, 3.05) is 20.3 Å². The van der Waals surface area contributed by atoms with Crippen molar-refractivity contribution in [3.63, 3.8) is 0 Å². The van der Waals surface area contributed by atoms with Crippen molar-refractivity contribution >= 4 is 5.91 Å². The molecule has 0 saturated heterocycles. The van der Waals surface area contributed by atoms with E-state index in [-0.39, 0.29) is 5.91 Å². The van der Waals surface area contributed by atoms with Crippen LogP contribution < -0.4 is 11.1 Å². The highest BCUT2D eigenvalue weighted by Crippen LogP contribution is 2.67. The van der Waals surface area contributed by atoms with Crippen LogP contribution >= 0.6 is 0 Å². The number of ether oxygens (including phenoxy) is 1. The fourth-order valence-corrected chi connectivity index (χ4v) is 2.76. The lowest BCUT2D eigenvalue weighted by Gasteiger charge is -2.12. The predicted molar refractivity (Wildman–Crippen MR) is 73.1 cm³/mol. The van der Waals surface area contributed by atoms with Gasteiger partial charge >= 0.3 is 0 Å². The number of carbonyl (C=O) groups excluding carboxylic acids is 1. The minimum absolute atomic E-state index is 0.0374. The van der Waals surface area contributed by atoms with Crippen molar-refractivity contribution in [3.05, 3.63) is 0 Å². The molecule has 1 aliphatic rings. The third kappa shape index (κ3) is 3.04. The molecule has 0 spiro atoms. The number of hydrogen-bond acceptors (Lipinski definition) is 3. The molecule has 1 amide bonds. The summed E-state index contributed by atoms with van der Waals surface area (Å²) in [6.07, 6.45) is 1.50. The van der Waals surface area contributed by atoms with Gasteiger partial charge in [-0.2, -0.15) is 0 Å². The number of amides is 1. The van der Waals surface area contributed by atoms with E-state index in [2.05, 4.69) is 33.0 Å². The number of nitrogens with one attached hydrogen (secondary N) is 1. The van der Waals surface area contributed by atoms with Crippen LogP contribution in [0.2, 0.25) is 0 Å². The van der Waals surface area contributed by atoms with E-state index in [4.69, 9.17) is 10.5 Å². The van der Waals surface area contributed by atoms with E-state index in [1.165, 1.54) is 0 Å². The molecule has 0 aromatic carbocycles. The zero-order chi connectivity index (χ0) is 14.0. The molecule has 1 rings (SSSR count). The summed E-state index contributed by atoms with van der Waals surface area (Å²) in [6, 6.07) is -0.412. The summed E-state index contributed by atoms with van der Waals surface area (Å²) in [6.45, 7) is 10.4. The van der Waals surface area contributed by atoms with Crippen molar-refractivity contribution in [1.82, 2.24) is 5.32 Å². The number of nitrogens with two attached hydrogens (primary N) is 1. The summed E-state index contributed by atoms with van der Waals surface area (Å²) < 4.78 is 4.95.